The fourth-order valence-corrected chi connectivity index (χ4v) is 3.08. The Morgan fingerprint density at radius 1 is 1.00 bits per heavy atom. The first-order valence-corrected chi connectivity index (χ1v) is 9.49. The second-order valence-electron chi connectivity index (χ2n) is 6.29. The van der Waals surface area contributed by atoms with Gasteiger partial charge in [-0.05, 0) is 48.6 Å². The van der Waals surface area contributed by atoms with Gasteiger partial charge in [0.2, 0.25) is 0 Å². The van der Waals surface area contributed by atoms with E-state index in [2.05, 4.69) is 10.6 Å². The van der Waals surface area contributed by atoms with E-state index in [0.717, 1.165) is 63.0 Å². The SMILES string of the molecule is S=C(NCCC[NH+]1CCOCC1)Nc1ccc(Oc2ccccc2)cc1. The van der Waals surface area contributed by atoms with Gasteiger partial charge >= 0.3 is 0 Å². The number of hydrogen-bond donors (Lipinski definition) is 3. The molecule has 0 amide bonds. The predicted molar refractivity (Wildman–Crippen MR) is 108 cm³/mol. The van der Waals surface area contributed by atoms with Crippen molar-refractivity contribution in [3.63, 3.8) is 0 Å². The van der Waals surface area contributed by atoms with E-state index in [1.54, 1.807) is 4.90 Å². The molecule has 1 fully saturated rings. The monoisotopic (exact) mass is 372 g/mol. The number of para-hydroxylation sites is 1. The summed E-state index contributed by atoms with van der Waals surface area (Å²) in [4.78, 5) is 1.62. The minimum absolute atomic E-state index is 0.652. The molecule has 0 saturated carbocycles. The van der Waals surface area contributed by atoms with E-state index < -0.39 is 0 Å². The van der Waals surface area contributed by atoms with Gasteiger partial charge in [-0.3, -0.25) is 0 Å². The van der Waals surface area contributed by atoms with Gasteiger partial charge in [-0.2, -0.15) is 0 Å². The largest absolute Gasteiger partial charge is 0.457 e. The van der Waals surface area contributed by atoms with Crippen LogP contribution in [0, 0.1) is 0 Å². The lowest BCUT2D eigenvalue weighted by Gasteiger charge is -2.23. The van der Waals surface area contributed by atoms with Crippen LogP contribution in [0.2, 0.25) is 0 Å². The fraction of sp³-hybridized carbons (Fsp3) is 0.350. The van der Waals surface area contributed by atoms with Crippen LogP contribution in [-0.4, -0.2) is 44.5 Å². The third kappa shape index (κ3) is 6.29. The highest BCUT2D eigenvalue weighted by molar-refractivity contribution is 7.80. The molecule has 0 aromatic heterocycles. The first kappa shape index (κ1) is 18.6. The highest BCUT2D eigenvalue weighted by atomic mass is 32.1. The number of rotatable bonds is 7. The molecule has 0 spiro atoms. The number of ether oxygens (including phenoxy) is 2. The summed E-state index contributed by atoms with van der Waals surface area (Å²) >= 11 is 5.36. The van der Waals surface area contributed by atoms with Crippen LogP contribution in [0.3, 0.4) is 0 Å². The van der Waals surface area contributed by atoms with Crippen molar-refractivity contribution in [3.05, 3.63) is 54.6 Å². The van der Waals surface area contributed by atoms with Crippen molar-refractivity contribution in [2.45, 2.75) is 6.42 Å². The molecule has 0 atom stereocenters. The number of quaternary nitrogens is 1. The van der Waals surface area contributed by atoms with Gasteiger partial charge in [0.15, 0.2) is 5.11 Å². The van der Waals surface area contributed by atoms with E-state index in [1.807, 2.05) is 54.6 Å². The minimum atomic E-state index is 0.652. The molecule has 1 saturated heterocycles. The summed E-state index contributed by atoms with van der Waals surface area (Å²) in [7, 11) is 0. The van der Waals surface area contributed by atoms with Crippen LogP contribution >= 0.6 is 12.2 Å². The van der Waals surface area contributed by atoms with Crippen LogP contribution in [0.15, 0.2) is 54.6 Å². The minimum Gasteiger partial charge on any atom is -0.457 e. The third-order valence-corrected chi connectivity index (χ3v) is 4.53. The Bertz CT molecular complexity index is 673. The normalized spacial score (nSPS) is 14.6. The van der Waals surface area contributed by atoms with Crippen molar-refractivity contribution in [3.8, 4) is 11.5 Å². The average molecular weight is 373 g/mol. The number of morpholine rings is 1. The van der Waals surface area contributed by atoms with E-state index in [0.29, 0.717) is 5.11 Å². The van der Waals surface area contributed by atoms with E-state index in [1.165, 1.54) is 0 Å². The second kappa shape index (κ2) is 10.1. The summed E-state index contributed by atoms with van der Waals surface area (Å²) in [5, 5.41) is 7.13. The zero-order valence-electron chi connectivity index (χ0n) is 14.9. The van der Waals surface area contributed by atoms with E-state index in [4.69, 9.17) is 21.7 Å². The molecule has 6 heteroatoms. The Kier molecular flexibility index (Phi) is 7.25. The first-order valence-electron chi connectivity index (χ1n) is 9.09. The molecule has 3 rings (SSSR count). The third-order valence-electron chi connectivity index (χ3n) is 4.28. The lowest BCUT2D eigenvalue weighted by Crippen LogP contribution is -3.14. The van der Waals surface area contributed by atoms with Crippen molar-refractivity contribution in [1.82, 2.24) is 5.32 Å². The lowest BCUT2D eigenvalue weighted by atomic mass is 10.3. The van der Waals surface area contributed by atoms with Gasteiger partial charge in [-0.25, -0.2) is 0 Å². The fourth-order valence-electron chi connectivity index (χ4n) is 2.86. The molecule has 0 aliphatic carbocycles. The maximum absolute atomic E-state index is 5.79. The van der Waals surface area contributed by atoms with E-state index in [9.17, 15) is 0 Å². The Morgan fingerprint density at radius 3 is 2.42 bits per heavy atom. The summed E-state index contributed by atoms with van der Waals surface area (Å²) in [5.74, 6) is 1.63. The van der Waals surface area contributed by atoms with Crippen LogP contribution in [0.4, 0.5) is 5.69 Å². The molecule has 0 unspecified atom stereocenters. The smallest absolute Gasteiger partial charge is 0.170 e. The summed E-state index contributed by atoms with van der Waals surface area (Å²) in [6.07, 6.45) is 1.10. The Balaban J connectivity index is 1.36. The highest BCUT2D eigenvalue weighted by Gasteiger charge is 2.12. The maximum Gasteiger partial charge on any atom is 0.170 e. The maximum atomic E-state index is 5.79. The van der Waals surface area contributed by atoms with E-state index >= 15 is 0 Å². The van der Waals surface area contributed by atoms with Gasteiger partial charge in [0.05, 0.1) is 19.8 Å². The topological polar surface area (TPSA) is 47.0 Å². The standard InChI is InChI=1S/C20H25N3O2S/c26-20(21-11-4-12-23-13-15-24-16-14-23)22-17-7-9-19(10-8-17)25-18-5-2-1-3-6-18/h1-3,5-10H,4,11-16H2,(H2,21,22,26)/p+1. The predicted octanol–water partition coefficient (Wildman–Crippen LogP) is 2.07. The highest BCUT2D eigenvalue weighted by Crippen LogP contribution is 2.22. The first-order chi connectivity index (χ1) is 12.8. The molecule has 0 bridgehead atoms. The van der Waals surface area contributed by atoms with Crippen molar-refractivity contribution in [1.29, 1.82) is 0 Å². The number of hydrogen-bond acceptors (Lipinski definition) is 3. The Labute approximate surface area is 160 Å². The average Bonchev–Trinajstić information content (AvgIpc) is 2.68. The molecule has 0 radical (unpaired) electrons. The van der Waals surface area contributed by atoms with Gasteiger partial charge in [-0.1, -0.05) is 18.2 Å². The molecular formula is C20H26N3O2S+. The molecule has 5 nitrogen and oxygen atoms in total. The van der Waals surface area contributed by atoms with Crippen molar-refractivity contribution < 1.29 is 14.4 Å². The zero-order valence-corrected chi connectivity index (χ0v) is 15.7. The van der Waals surface area contributed by atoms with Gasteiger partial charge in [-0.15, -0.1) is 0 Å². The Hall–Kier alpha value is -2.15. The molecule has 1 heterocycles. The molecule has 1 aliphatic rings. The molecule has 26 heavy (non-hydrogen) atoms. The van der Waals surface area contributed by atoms with Gasteiger partial charge in [0.25, 0.3) is 0 Å². The van der Waals surface area contributed by atoms with E-state index in [-0.39, 0.29) is 0 Å². The number of thiocarbonyl (C=S) groups is 1. The molecule has 138 valence electrons. The summed E-state index contributed by atoms with van der Waals surface area (Å²) in [5.41, 5.74) is 0.946. The number of anilines is 1. The van der Waals surface area contributed by atoms with Crippen molar-refractivity contribution in [2.75, 3.05) is 44.7 Å². The summed E-state index contributed by atoms with van der Waals surface area (Å²) in [6, 6.07) is 17.5. The number of nitrogens with one attached hydrogen (secondary N) is 3. The van der Waals surface area contributed by atoms with Crippen LogP contribution in [0.25, 0.3) is 0 Å². The molecule has 1 aliphatic heterocycles. The van der Waals surface area contributed by atoms with Crippen molar-refractivity contribution in [2.24, 2.45) is 0 Å². The quantitative estimate of drug-likeness (QED) is 0.513. The Morgan fingerprint density at radius 2 is 1.69 bits per heavy atom. The lowest BCUT2D eigenvalue weighted by molar-refractivity contribution is -0.908. The van der Waals surface area contributed by atoms with Crippen LogP contribution in [-0.2, 0) is 4.74 Å². The molecule has 2 aromatic rings. The summed E-state index contributed by atoms with van der Waals surface area (Å²) in [6.45, 7) is 6.02. The van der Waals surface area contributed by atoms with Crippen molar-refractivity contribution >= 4 is 23.0 Å². The van der Waals surface area contributed by atoms with Crippen LogP contribution in [0.5, 0.6) is 11.5 Å². The molecule has 3 N–H and O–H groups in total. The molecular weight excluding hydrogens is 346 g/mol. The van der Waals surface area contributed by atoms with Crippen LogP contribution < -0.4 is 20.3 Å². The summed E-state index contributed by atoms with van der Waals surface area (Å²) < 4.78 is 11.2. The van der Waals surface area contributed by atoms with Gasteiger partial charge < -0.3 is 25.0 Å². The van der Waals surface area contributed by atoms with Gasteiger partial charge in [0.1, 0.15) is 24.6 Å². The van der Waals surface area contributed by atoms with Gasteiger partial charge in [0, 0.05) is 18.7 Å². The van der Waals surface area contributed by atoms with Crippen LogP contribution in [0.1, 0.15) is 6.42 Å². The zero-order chi connectivity index (χ0) is 18.0. The second-order valence-corrected chi connectivity index (χ2v) is 6.69. The molecule has 2 aromatic carbocycles. The number of benzene rings is 2.